The molecule has 0 N–H and O–H groups in total. The first-order valence-corrected chi connectivity index (χ1v) is 12.8. The lowest BCUT2D eigenvalue weighted by molar-refractivity contribution is 1.01. The first kappa shape index (κ1) is 17.0. The molecule has 4 aromatic carbocycles. The number of nitrogens with zero attached hydrogens (tertiary/aromatic N) is 2. The van der Waals surface area contributed by atoms with Crippen LogP contribution in [0.2, 0.25) is 0 Å². The molecular formula is C29H16N2S2. The zero-order valence-electron chi connectivity index (χ0n) is 17.7. The second-order valence-electron chi connectivity index (χ2n) is 9.00. The van der Waals surface area contributed by atoms with Crippen LogP contribution in [-0.4, -0.2) is 8.97 Å². The fourth-order valence-corrected chi connectivity index (χ4v) is 8.59. The van der Waals surface area contributed by atoms with Gasteiger partial charge in [-0.2, -0.15) is 0 Å². The summed E-state index contributed by atoms with van der Waals surface area (Å²) in [7, 11) is 2.21. The summed E-state index contributed by atoms with van der Waals surface area (Å²) in [6.07, 6.45) is 0. The molecule has 0 saturated carbocycles. The van der Waals surface area contributed by atoms with Gasteiger partial charge in [-0.15, -0.1) is 22.7 Å². The summed E-state index contributed by atoms with van der Waals surface area (Å²) >= 11 is 3.85. The topological polar surface area (TPSA) is 9.34 Å². The number of benzene rings is 4. The van der Waals surface area contributed by atoms with Gasteiger partial charge in [-0.3, -0.25) is 4.40 Å². The van der Waals surface area contributed by atoms with Gasteiger partial charge in [-0.05, 0) is 35.7 Å². The molecule has 0 fully saturated rings. The molecule has 0 aliphatic rings. The van der Waals surface area contributed by atoms with E-state index >= 15 is 0 Å². The van der Waals surface area contributed by atoms with Crippen LogP contribution in [0, 0.1) is 0 Å². The number of thiophene rings is 2. The Bertz CT molecular complexity index is 2250. The van der Waals surface area contributed by atoms with Gasteiger partial charge in [0.2, 0.25) is 0 Å². The van der Waals surface area contributed by atoms with Crippen LogP contribution in [0.25, 0.3) is 78.7 Å². The Balaban J connectivity index is 1.81. The molecule has 5 aromatic heterocycles. The number of aryl methyl sites for hydroxylation is 1. The van der Waals surface area contributed by atoms with Crippen LogP contribution in [-0.2, 0) is 7.05 Å². The monoisotopic (exact) mass is 456 g/mol. The molecular weight excluding hydrogens is 440 g/mol. The highest BCUT2D eigenvalue weighted by Gasteiger charge is 2.24. The Morgan fingerprint density at radius 2 is 1.27 bits per heavy atom. The molecule has 0 atom stereocenters. The molecule has 0 saturated heterocycles. The summed E-state index contributed by atoms with van der Waals surface area (Å²) in [5.41, 5.74) is 5.33. The van der Waals surface area contributed by atoms with Gasteiger partial charge in [-0.1, -0.05) is 48.5 Å². The van der Waals surface area contributed by atoms with E-state index in [1.807, 2.05) is 22.7 Å². The maximum absolute atomic E-state index is 2.60. The van der Waals surface area contributed by atoms with Gasteiger partial charge in [0, 0.05) is 54.3 Å². The molecule has 5 heterocycles. The smallest absolute Gasteiger partial charge is 0.109 e. The van der Waals surface area contributed by atoms with Gasteiger partial charge in [0.15, 0.2) is 0 Å². The van der Waals surface area contributed by atoms with E-state index in [0.29, 0.717) is 0 Å². The van der Waals surface area contributed by atoms with Crippen molar-refractivity contribution in [3.05, 3.63) is 78.9 Å². The van der Waals surface area contributed by atoms with Crippen molar-refractivity contribution in [2.75, 3.05) is 0 Å². The van der Waals surface area contributed by atoms with E-state index in [9.17, 15) is 0 Å². The summed E-state index contributed by atoms with van der Waals surface area (Å²) in [6, 6.07) is 29.3. The van der Waals surface area contributed by atoms with Crippen molar-refractivity contribution in [3.63, 3.8) is 0 Å². The Kier molecular flexibility index (Phi) is 2.81. The first-order chi connectivity index (χ1) is 16.3. The third-order valence-electron chi connectivity index (χ3n) is 7.48. The Morgan fingerprint density at radius 3 is 2.15 bits per heavy atom. The van der Waals surface area contributed by atoms with E-state index < -0.39 is 0 Å². The van der Waals surface area contributed by atoms with Crippen LogP contribution in [0.5, 0.6) is 0 Å². The van der Waals surface area contributed by atoms with E-state index in [4.69, 9.17) is 0 Å². The number of hydrogen-bond acceptors (Lipinski definition) is 2. The Morgan fingerprint density at radius 1 is 0.545 bits per heavy atom. The highest BCUT2D eigenvalue weighted by molar-refractivity contribution is 7.27. The SMILES string of the molecule is Cn1c2cccc3c2c2c1ccc1c4sc5ccccc5c4n(c4sc5ccccc5c34)c12. The summed E-state index contributed by atoms with van der Waals surface area (Å²) in [5, 5.41) is 9.58. The van der Waals surface area contributed by atoms with Crippen LogP contribution in [0.1, 0.15) is 0 Å². The fourth-order valence-electron chi connectivity index (χ4n) is 6.14. The van der Waals surface area contributed by atoms with E-state index in [0.717, 1.165) is 0 Å². The molecule has 0 amide bonds. The third kappa shape index (κ3) is 1.78. The molecule has 2 nitrogen and oxygen atoms in total. The quantitative estimate of drug-likeness (QED) is 0.215. The maximum Gasteiger partial charge on any atom is 0.109 e. The lowest BCUT2D eigenvalue weighted by Crippen LogP contribution is -1.87. The summed E-state index contributed by atoms with van der Waals surface area (Å²) in [5.74, 6) is 0. The molecule has 4 heteroatoms. The lowest BCUT2D eigenvalue weighted by Gasteiger charge is -2.02. The van der Waals surface area contributed by atoms with E-state index in [2.05, 4.69) is 94.9 Å². The van der Waals surface area contributed by atoms with Crippen molar-refractivity contribution in [1.82, 2.24) is 8.97 Å². The van der Waals surface area contributed by atoms with Crippen molar-refractivity contribution in [3.8, 4) is 0 Å². The number of rotatable bonds is 0. The molecule has 33 heavy (non-hydrogen) atoms. The standard InChI is InChI=1S/C29H16N2S2/c1-30-19-10-6-9-17-23-15-7-2-4-11-21(15)33-29(23)31-26-18(13-14-20(30)25(26)24(17)19)28-27(31)16-8-3-5-12-22(16)32-28/h2-14H,1H3. The minimum Gasteiger partial charge on any atom is -0.344 e. The number of hydrogen-bond donors (Lipinski definition) is 0. The van der Waals surface area contributed by atoms with Crippen LogP contribution < -0.4 is 0 Å². The summed E-state index contributed by atoms with van der Waals surface area (Å²) in [6.45, 7) is 0. The molecule has 154 valence electrons. The molecule has 9 rings (SSSR count). The lowest BCUT2D eigenvalue weighted by atomic mass is 10.0. The maximum atomic E-state index is 2.60. The van der Waals surface area contributed by atoms with Crippen LogP contribution in [0.15, 0.2) is 78.9 Å². The highest BCUT2D eigenvalue weighted by Crippen LogP contribution is 2.49. The van der Waals surface area contributed by atoms with Crippen molar-refractivity contribution < 1.29 is 0 Å². The zero-order valence-corrected chi connectivity index (χ0v) is 19.3. The summed E-state index contributed by atoms with van der Waals surface area (Å²) in [4.78, 5) is 1.35. The van der Waals surface area contributed by atoms with Crippen LogP contribution in [0.3, 0.4) is 0 Å². The molecule has 9 aromatic rings. The third-order valence-corrected chi connectivity index (χ3v) is 9.83. The van der Waals surface area contributed by atoms with Gasteiger partial charge in [-0.25, -0.2) is 0 Å². The molecule has 0 bridgehead atoms. The molecule has 0 aliphatic heterocycles. The minimum atomic E-state index is 1.30. The van der Waals surface area contributed by atoms with E-state index in [1.54, 1.807) is 0 Å². The van der Waals surface area contributed by atoms with E-state index in [-0.39, 0.29) is 0 Å². The normalized spacial score (nSPS) is 13.0. The predicted octanol–water partition coefficient (Wildman–Crippen LogP) is 8.91. The van der Waals surface area contributed by atoms with Crippen LogP contribution >= 0.6 is 22.7 Å². The van der Waals surface area contributed by atoms with Gasteiger partial charge < -0.3 is 4.57 Å². The summed E-state index contributed by atoms with van der Waals surface area (Å²) < 4.78 is 9.08. The Hall–Kier alpha value is -3.60. The van der Waals surface area contributed by atoms with Crippen molar-refractivity contribution in [1.29, 1.82) is 0 Å². The largest absolute Gasteiger partial charge is 0.344 e. The van der Waals surface area contributed by atoms with Crippen molar-refractivity contribution in [2.45, 2.75) is 0 Å². The van der Waals surface area contributed by atoms with E-state index in [1.165, 1.54) is 78.7 Å². The minimum absolute atomic E-state index is 1.30. The number of fused-ring (bicyclic) bond motifs is 10. The van der Waals surface area contributed by atoms with Gasteiger partial charge in [0.1, 0.15) is 4.83 Å². The molecule has 0 aliphatic carbocycles. The molecule has 0 spiro atoms. The van der Waals surface area contributed by atoms with Gasteiger partial charge in [0.25, 0.3) is 0 Å². The van der Waals surface area contributed by atoms with Crippen molar-refractivity contribution >= 4 is 101 Å². The molecule has 0 unspecified atom stereocenters. The van der Waals surface area contributed by atoms with Gasteiger partial charge in [0.05, 0.1) is 21.3 Å². The Labute approximate surface area is 195 Å². The average molecular weight is 457 g/mol. The fraction of sp³-hybridized carbons (Fsp3) is 0.0345. The van der Waals surface area contributed by atoms with Crippen LogP contribution in [0.4, 0.5) is 0 Å². The predicted molar refractivity (Wildman–Crippen MR) is 146 cm³/mol. The highest BCUT2D eigenvalue weighted by atomic mass is 32.1. The molecule has 0 radical (unpaired) electrons. The average Bonchev–Trinajstić information content (AvgIpc) is 3.55. The van der Waals surface area contributed by atoms with Crippen molar-refractivity contribution in [2.24, 2.45) is 7.05 Å². The first-order valence-electron chi connectivity index (χ1n) is 11.2. The second kappa shape index (κ2) is 5.48. The second-order valence-corrected chi connectivity index (χ2v) is 11.1. The zero-order chi connectivity index (χ0) is 21.4. The number of aromatic nitrogens is 2. The van der Waals surface area contributed by atoms with Gasteiger partial charge >= 0.3 is 0 Å².